The van der Waals surface area contributed by atoms with E-state index >= 15 is 0 Å². The van der Waals surface area contributed by atoms with Crippen LogP contribution in [0.3, 0.4) is 0 Å². The summed E-state index contributed by atoms with van der Waals surface area (Å²) in [5.41, 5.74) is 0. The van der Waals surface area contributed by atoms with Crippen LogP contribution in [-0.4, -0.2) is 26.2 Å². The van der Waals surface area contributed by atoms with Crippen molar-refractivity contribution in [2.45, 2.75) is 78.1 Å². The Bertz CT molecular complexity index is 200. The average Bonchev–Trinajstić information content (AvgIpc) is 2.35. The molecule has 18 heavy (non-hydrogen) atoms. The van der Waals surface area contributed by atoms with Crippen molar-refractivity contribution in [3.63, 3.8) is 0 Å². The van der Waals surface area contributed by atoms with Gasteiger partial charge in [0.1, 0.15) is 0 Å². The van der Waals surface area contributed by atoms with Gasteiger partial charge in [-0.1, -0.05) is 71.6 Å². The summed E-state index contributed by atoms with van der Waals surface area (Å²) in [5.74, 6) is 0. The molecule has 110 valence electrons. The molecule has 0 aliphatic rings. The minimum atomic E-state index is -2.03. The molecule has 0 fully saturated rings. The highest BCUT2D eigenvalue weighted by atomic mass is 32.2. The number of nitrogens with zero attached hydrogens (tertiary/aromatic N) is 1. The topological polar surface area (TPSA) is 43.4 Å². The molecule has 0 rings (SSSR count). The van der Waals surface area contributed by atoms with Gasteiger partial charge in [-0.2, -0.15) is 0 Å². The summed E-state index contributed by atoms with van der Waals surface area (Å²) in [7, 11) is 0. The summed E-state index contributed by atoms with van der Waals surface area (Å²) in [6.07, 6.45) is 12.9. The molecular weight excluding hydrogens is 246 g/mol. The lowest BCUT2D eigenvalue weighted by Crippen LogP contribution is -2.26. The number of rotatable bonds is 13. The Labute approximate surface area is 116 Å². The molecule has 0 aromatic rings. The van der Waals surface area contributed by atoms with Gasteiger partial charge >= 0.3 is 0 Å². The van der Waals surface area contributed by atoms with Gasteiger partial charge < -0.3 is 4.55 Å². The molecule has 3 nitrogen and oxygen atoms in total. The van der Waals surface area contributed by atoms with Crippen LogP contribution in [0, 0.1) is 0 Å². The summed E-state index contributed by atoms with van der Waals surface area (Å²) in [5, 5.41) is 0. The molecule has 4 heteroatoms. The van der Waals surface area contributed by atoms with Crippen molar-refractivity contribution in [2.75, 3.05) is 13.1 Å². The van der Waals surface area contributed by atoms with E-state index in [1.807, 2.05) is 6.92 Å². The lowest BCUT2D eigenvalue weighted by molar-refractivity contribution is 0.388. The highest BCUT2D eigenvalue weighted by molar-refractivity contribution is 7.76. The van der Waals surface area contributed by atoms with Crippen molar-refractivity contribution in [3.8, 4) is 0 Å². The molecular formula is C14H30NO2S-. The van der Waals surface area contributed by atoms with Crippen LogP contribution in [0.4, 0.5) is 0 Å². The summed E-state index contributed by atoms with van der Waals surface area (Å²) < 4.78 is 23.0. The van der Waals surface area contributed by atoms with Gasteiger partial charge in [-0.3, -0.25) is 4.21 Å². The normalized spacial score (nSPS) is 13.1. The van der Waals surface area contributed by atoms with Gasteiger partial charge in [0.05, 0.1) is 0 Å². The van der Waals surface area contributed by atoms with Gasteiger partial charge in [0, 0.05) is 24.4 Å². The standard InChI is InChI=1S/C14H31NO2S/c1-3-5-6-7-8-9-10-11-12-13-14-15(4-2)18(16)17/h3-14H2,1-2H3,(H,16,17)/p-1. The summed E-state index contributed by atoms with van der Waals surface area (Å²) in [6, 6.07) is 0. The first-order valence-corrected chi connectivity index (χ1v) is 8.59. The van der Waals surface area contributed by atoms with Gasteiger partial charge in [0.25, 0.3) is 0 Å². The second-order valence-electron chi connectivity index (χ2n) is 4.92. The molecule has 0 bridgehead atoms. The van der Waals surface area contributed by atoms with Crippen LogP contribution >= 0.6 is 0 Å². The Hall–Kier alpha value is 0.0700. The molecule has 0 aliphatic carbocycles. The van der Waals surface area contributed by atoms with E-state index < -0.39 is 11.3 Å². The van der Waals surface area contributed by atoms with E-state index in [1.54, 1.807) is 0 Å². The molecule has 0 spiro atoms. The van der Waals surface area contributed by atoms with Crippen LogP contribution in [0.15, 0.2) is 0 Å². The van der Waals surface area contributed by atoms with Crippen LogP contribution in [0.25, 0.3) is 0 Å². The lowest BCUT2D eigenvalue weighted by Gasteiger charge is -2.21. The van der Waals surface area contributed by atoms with Gasteiger partial charge in [0.15, 0.2) is 0 Å². The molecule has 0 saturated heterocycles. The maximum Gasteiger partial charge on any atom is 0.0209 e. The lowest BCUT2D eigenvalue weighted by atomic mass is 10.1. The fraction of sp³-hybridized carbons (Fsp3) is 1.00. The van der Waals surface area contributed by atoms with Crippen LogP contribution < -0.4 is 0 Å². The van der Waals surface area contributed by atoms with Gasteiger partial charge in [0.2, 0.25) is 0 Å². The van der Waals surface area contributed by atoms with Gasteiger partial charge in [-0.25, -0.2) is 4.31 Å². The number of hydrogen-bond acceptors (Lipinski definition) is 2. The zero-order valence-electron chi connectivity index (χ0n) is 12.2. The smallest absolute Gasteiger partial charge is 0.0209 e. The first-order chi connectivity index (χ1) is 8.72. The third kappa shape index (κ3) is 11.2. The first kappa shape index (κ1) is 18.1. The second-order valence-corrected chi connectivity index (χ2v) is 5.87. The highest BCUT2D eigenvalue weighted by Gasteiger charge is 2.01. The number of hydrogen-bond donors (Lipinski definition) is 0. The molecule has 0 aliphatic heterocycles. The van der Waals surface area contributed by atoms with E-state index in [9.17, 15) is 8.76 Å². The van der Waals surface area contributed by atoms with E-state index in [-0.39, 0.29) is 0 Å². The maximum absolute atomic E-state index is 10.7. The third-order valence-electron chi connectivity index (χ3n) is 3.32. The van der Waals surface area contributed by atoms with Crippen LogP contribution in [0.2, 0.25) is 0 Å². The monoisotopic (exact) mass is 276 g/mol. The van der Waals surface area contributed by atoms with E-state index in [1.165, 1.54) is 55.7 Å². The summed E-state index contributed by atoms with van der Waals surface area (Å²) in [6.45, 7) is 5.40. The molecule has 0 aromatic heterocycles. The van der Waals surface area contributed by atoms with E-state index in [4.69, 9.17) is 0 Å². The molecule has 1 atom stereocenters. The molecule has 0 aromatic carbocycles. The van der Waals surface area contributed by atoms with Gasteiger partial charge in [-0.05, 0) is 6.42 Å². The van der Waals surface area contributed by atoms with E-state index in [0.717, 1.165) is 12.8 Å². The average molecular weight is 276 g/mol. The largest absolute Gasteiger partial charge is 0.760 e. The SMILES string of the molecule is CCCCCCCCCCCCN(CC)S(=O)[O-]. The maximum atomic E-state index is 10.7. The predicted octanol–water partition coefficient (Wildman–Crippen LogP) is 4.02. The van der Waals surface area contributed by atoms with Crippen molar-refractivity contribution in [1.82, 2.24) is 4.31 Å². The van der Waals surface area contributed by atoms with E-state index in [2.05, 4.69) is 6.92 Å². The Balaban J connectivity index is 3.18. The van der Waals surface area contributed by atoms with Crippen molar-refractivity contribution in [1.29, 1.82) is 0 Å². The highest BCUT2D eigenvalue weighted by Crippen LogP contribution is 2.10. The molecule has 0 amide bonds. The zero-order chi connectivity index (χ0) is 13.6. The van der Waals surface area contributed by atoms with Crippen LogP contribution in [0.1, 0.15) is 78.1 Å². The zero-order valence-corrected chi connectivity index (χ0v) is 13.0. The minimum absolute atomic E-state index is 0.591. The van der Waals surface area contributed by atoms with Crippen molar-refractivity contribution in [2.24, 2.45) is 0 Å². The Morgan fingerprint density at radius 3 is 1.67 bits per heavy atom. The molecule has 0 N–H and O–H groups in total. The fourth-order valence-corrected chi connectivity index (χ4v) is 2.60. The quantitative estimate of drug-likeness (QED) is 0.376. The third-order valence-corrected chi connectivity index (χ3v) is 4.19. The molecule has 0 radical (unpaired) electrons. The Morgan fingerprint density at radius 2 is 1.28 bits per heavy atom. The predicted molar refractivity (Wildman–Crippen MR) is 78.0 cm³/mol. The summed E-state index contributed by atoms with van der Waals surface area (Å²) in [4.78, 5) is 0. The summed E-state index contributed by atoms with van der Waals surface area (Å²) >= 11 is -2.03. The van der Waals surface area contributed by atoms with Crippen LogP contribution in [0.5, 0.6) is 0 Å². The minimum Gasteiger partial charge on any atom is -0.760 e. The van der Waals surface area contributed by atoms with Crippen molar-refractivity contribution in [3.05, 3.63) is 0 Å². The second kappa shape index (κ2) is 13.5. The molecule has 1 unspecified atom stereocenters. The molecule has 0 saturated carbocycles. The van der Waals surface area contributed by atoms with Crippen LogP contribution in [-0.2, 0) is 11.3 Å². The van der Waals surface area contributed by atoms with E-state index in [0.29, 0.717) is 13.1 Å². The fourth-order valence-electron chi connectivity index (χ4n) is 2.11. The first-order valence-electron chi connectivity index (χ1n) is 7.56. The van der Waals surface area contributed by atoms with Crippen molar-refractivity contribution < 1.29 is 8.76 Å². The van der Waals surface area contributed by atoms with Gasteiger partial charge in [-0.15, -0.1) is 0 Å². The Kier molecular flexibility index (Phi) is 13.6. The number of unbranched alkanes of at least 4 members (excludes halogenated alkanes) is 9. The Morgan fingerprint density at radius 1 is 0.833 bits per heavy atom. The van der Waals surface area contributed by atoms with Crippen molar-refractivity contribution >= 4 is 11.3 Å². The molecule has 0 heterocycles.